The van der Waals surface area contributed by atoms with Crippen molar-refractivity contribution in [2.45, 2.75) is 30.2 Å². The Morgan fingerprint density at radius 3 is 3.25 bits per heavy atom. The Balaban J connectivity index is 1.84. The monoisotopic (exact) mass is 185 g/mol. The third-order valence-corrected chi connectivity index (χ3v) is 6.15. The lowest BCUT2D eigenvalue weighted by atomic mass is 10.1. The summed E-state index contributed by atoms with van der Waals surface area (Å²) in [6, 6.07) is 0.995. The molecule has 0 spiro atoms. The first kappa shape index (κ1) is 7.06. The summed E-state index contributed by atoms with van der Waals surface area (Å²) in [7, 11) is 0.631. The molecule has 3 aliphatic heterocycles. The van der Waals surface area contributed by atoms with E-state index in [2.05, 4.69) is 10.6 Å². The van der Waals surface area contributed by atoms with Crippen LogP contribution in [0.2, 0.25) is 0 Å². The van der Waals surface area contributed by atoms with Gasteiger partial charge in [-0.1, -0.05) is 0 Å². The average molecular weight is 185 g/mol. The lowest BCUT2D eigenvalue weighted by molar-refractivity contribution is 0.247. The molecule has 0 bridgehead atoms. The van der Waals surface area contributed by atoms with E-state index < -0.39 is 0 Å². The van der Waals surface area contributed by atoms with Crippen molar-refractivity contribution in [1.29, 1.82) is 0 Å². The zero-order valence-electron chi connectivity index (χ0n) is 6.88. The van der Waals surface area contributed by atoms with E-state index in [0.29, 0.717) is 23.0 Å². The van der Waals surface area contributed by atoms with Crippen molar-refractivity contribution in [1.82, 2.24) is 10.6 Å². The fourth-order valence-corrected chi connectivity index (χ4v) is 5.84. The maximum atomic E-state index is 11.0. The second-order valence-electron chi connectivity index (χ2n) is 3.84. The maximum absolute atomic E-state index is 11.0. The van der Waals surface area contributed by atoms with Crippen LogP contribution >= 0.6 is 0 Å². The van der Waals surface area contributed by atoms with Gasteiger partial charge in [0.25, 0.3) is 0 Å². The van der Waals surface area contributed by atoms with Crippen LogP contribution in [0.1, 0.15) is 12.8 Å². The molecule has 0 aromatic rings. The number of carbonyl (C=O) groups is 1. The largest absolute Gasteiger partial charge is 0.328 e. The highest BCUT2D eigenvalue weighted by molar-refractivity contribution is 7.98. The van der Waals surface area contributed by atoms with Crippen molar-refractivity contribution < 1.29 is 4.79 Å². The molecule has 4 unspecified atom stereocenters. The first-order valence-corrected chi connectivity index (χ1v) is 6.20. The minimum atomic E-state index is 0.0557. The van der Waals surface area contributed by atoms with Crippen LogP contribution in [0.4, 0.5) is 4.79 Å². The van der Waals surface area contributed by atoms with E-state index in [1.165, 1.54) is 24.3 Å². The van der Waals surface area contributed by atoms with Gasteiger partial charge in [0.2, 0.25) is 0 Å². The highest BCUT2D eigenvalue weighted by atomic mass is 32.2. The predicted molar refractivity (Wildman–Crippen MR) is 49.4 cm³/mol. The fraction of sp³-hybridized carbons (Fsp3) is 0.875. The highest BCUT2D eigenvalue weighted by Gasteiger charge is 2.56. The van der Waals surface area contributed by atoms with Gasteiger partial charge in [-0.2, -0.15) is 0 Å². The highest BCUT2D eigenvalue weighted by Crippen LogP contribution is 2.34. The van der Waals surface area contributed by atoms with Crippen molar-refractivity contribution in [2.75, 3.05) is 11.5 Å². The Morgan fingerprint density at radius 1 is 1.42 bits per heavy atom. The minimum Gasteiger partial charge on any atom is -0.328 e. The summed E-state index contributed by atoms with van der Waals surface area (Å²) in [6.45, 7) is 0. The molecule has 0 aromatic carbocycles. The number of carbonyl (C=O) groups excluding carboxylic acids is 1. The van der Waals surface area contributed by atoms with Crippen molar-refractivity contribution in [3.05, 3.63) is 0 Å². The van der Waals surface area contributed by atoms with Crippen molar-refractivity contribution in [3.8, 4) is 0 Å². The van der Waals surface area contributed by atoms with E-state index in [1.807, 2.05) is 0 Å². The molecule has 0 saturated carbocycles. The van der Waals surface area contributed by atoms with Gasteiger partial charge in [0.05, 0.1) is 0 Å². The van der Waals surface area contributed by atoms with Crippen LogP contribution in [0.15, 0.2) is 0 Å². The molecule has 3 nitrogen and oxygen atoms in total. The number of amides is 2. The second kappa shape index (κ2) is 2.31. The zero-order chi connectivity index (χ0) is 8.13. The summed E-state index contributed by atoms with van der Waals surface area (Å²) in [5.41, 5.74) is 0. The first-order valence-electron chi connectivity index (χ1n) is 4.58. The van der Waals surface area contributed by atoms with Crippen LogP contribution in [0, 0.1) is 0 Å². The molecule has 2 amide bonds. The zero-order valence-corrected chi connectivity index (χ0v) is 7.69. The predicted octanol–water partition coefficient (Wildman–Crippen LogP) is -0.169. The molecule has 0 radical (unpaired) electrons. The van der Waals surface area contributed by atoms with E-state index in [0.717, 1.165) is 5.25 Å². The van der Waals surface area contributed by atoms with Gasteiger partial charge in [0.15, 0.2) is 0 Å². The van der Waals surface area contributed by atoms with Crippen LogP contribution in [0.3, 0.4) is 0 Å². The number of urea groups is 1. The Labute approximate surface area is 74.6 Å². The van der Waals surface area contributed by atoms with E-state index in [9.17, 15) is 4.79 Å². The number of hydrogen-bond acceptors (Lipinski definition) is 1. The standard InChI is InChI=1S/C8H12N2OS/c11-8-9-5-4-12-3-1-2-6(12)7(5)10-8/h5-7H,1-4H2,(H-,9,10,11)/p+1. The number of hydrogen-bond donors (Lipinski definition) is 2. The molecule has 3 fully saturated rings. The topological polar surface area (TPSA) is 41.1 Å². The summed E-state index contributed by atoms with van der Waals surface area (Å²) in [5, 5.41) is 6.86. The molecule has 0 aliphatic carbocycles. The van der Waals surface area contributed by atoms with Crippen molar-refractivity contribution in [2.24, 2.45) is 0 Å². The fourth-order valence-electron chi connectivity index (χ4n) is 2.66. The molecular formula is C8H13N2OS+. The lowest BCUT2D eigenvalue weighted by Gasteiger charge is -2.08. The Kier molecular flexibility index (Phi) is 1.36. The van der Waals surface area contributed by atoms with Gasteiger partial charge in [-0.3, -0.25) is 0 Å². The normalized spacial score (nSPS) is 49.8. The molecule has 0 aromatic heterocycles. The summed E-state index contributed by atoms with van der Waals surface area (Å²) in [4.78, 5) is 11.0. The summed E-state index contributed by atoms with van der Waals surface area (Å²) >= 11 is 0. The van der Waals surface area contributed by atoms with Gasteiger partial charge in [0, 0.05) is 6.42 Å². The molecule has 2 N–H and O–H groups in total. The third kappa shape index (κ3) is 0.815. The van der Waals surface area contributed by atoms with Crippen molar-refractivity contribution >= 4 is 16.9 Å². The van der Waals surface area contributed by atoms with Gasteiger partial charge in [-0.15, -0.1) is 0 Å². The second-order valence-corrected chi connectivity index (χ2v) is 6.26. The minimum absolute atomic E-state index is 0.0557. The van der Waals surface area contributed by atoms with Gasteiger partial charge in [-0.25, -0.2) is 4.79 Å². The number of nitrogens with one attached hydrogen (secondary N) is 2. The SMILES string of the molecule is O=C1NC2C[S+]3CCCC3C2N1. The van der Waals surface area contributed by atoms with E-state index in [4.69, 9.17) is 0 Å². The number of rotatable bonds is 0. The average Bonchev–Trinajstić information content (AvgIpc) is 2.59. The van der Waals surface area contributed by atoms with E-state index >= 15 is 0 Å². The summed E-state index contributed by atoms with van der Waals surface area (Å²) in [6.07, 6.45) is 2.72. The molecule has 12 heavy (non-hydrogen) atoms. The molecule has 4 atom stereocenters. The van der Waals surface area contributed by atoms with Crippen LogP contribution in [-0.4, -0.2) is 34.9 Å². The molecule has 3 heterocycles. The van der Waals surface area contributed by atoms with Crippen LogP contribution in [-0.2, 0) is 10.9 Å². The van der Waals surface area contributed by atoms with Crippen LogP contribution in [0.25, 0.3) is 0 Å². The molecule has 3 rings (SSSR count). The first-order chi connectivity index (χ1) is 5.84. The van der Waals surface area contributed by atoms with Crippen molar-refractivity contribution in [3.63, 3.8) is 0 Å². The Bertz CT molecular complexity index is 233. The van der Waals surface area contributed by atoms with Gasteiger partial charge < -0.3 is 10.6 Å². The summed E-state index contributed by atoms with van der Waals surface area (Å²) in [5.74, 6) is 2.66. The molecule has 66 valence electrons. The van der Waals surface area contributed by atoms with E-state index in [-0.39, 0.29) is 6.03 Å². The van der Waals surface area contributed by atoms with E-state index in [1.54, 1.807) is 0 Å². The molecular weight excluding hydrogens is 172 g/mol. The lowest BCUT2D eigenvalue weighted by Crippen LogP contribution is -2.37. The van der Waals surface area contributed by atoms with Gasteiger partial charge in [0.1, 0.15) is 28.8 Å². The van der Waals surface area contributed by atoms with Gasteiger partial charge in [-0.05, 0) is 17.3 Å². The quantitative estimate of drug-likeness (QED) is 0.399. The molecule has 4 heteroatoms. The van der Waals surface area contributed by atoms with Crippen LogP contribution in [0.5, 0.6) is 0 Å². The Morgan fingerprint density at radius 2 is 2.33 bits per heavy atom. The maximum Gasteiger partial charge on any atom is 0.315 e. The molecule has 3 saturated heterocycles. The third-order valence-electron chi connectivity index (χ3n) is 3.17. The smallest absolute Gasteiger partial charge is 0.315 e. The van der Waals surface area contributed by atoms with Gasteiger partial charge >= 0.3 is 6.03 Å². The van der Waals surface area contributed by atoms with Crippen LogP contribution < -0.4 is 10.6 Å². The Hall–Kier alpha value is -0.380. The summed E-state index contributed by atoms with van der Waals surface area (Å²) < 4.78 is 0. The number of fused-ring (bicyclic) bond motifs is 3. The molecule has 3 aliphatic rings.